The van der Waals surface area contributed by atoms with E-state index in [1.807, 2.05) is 37.3 Å². The third-order valence-corrected chi connectivity index (χ3v) is 3.16. The summed E-state index contributed by atoms with van der Waals surface area (Å²) in [4.78, 5) is 13.9. The van der Waals surface area contributed by atoms with Crippen LogP contribution in [0.3, 0.4) is 0 Å². The van der Waals surface area contributed by atoms with Crippen molar-refractivity contribution in [3.05, 3.63) is 59.0 Å². The van der Waals surface area contributed by atoms with Crippen LogP contribution in [0.15, 0.2) is 41.0 Å². The van der Waals surface area contributed by atoms with Crippen LogP contribution in [0, 0.1) is 6.92 Å². The van der Waals surface area contributed by atoms with Gasteiger partial charge in [-0.15, -0.1) is 12.4 Å². The number of nitrogens with zero attached hydrogens (tertiary/aromatic N) is 1. The quantitative estimate of drug-likeness (QED) is 0.943. The van der Waals surface area contributed by atoms with Crippen molar-refractivity contribution >= 4 is 18.3 Å². The number of carbonyl (C=O) groups is 1. The van der Waals surface area contributed by atoms with E-state index in [2.05, 4.69) is 0 Å². The Morgan fingerprint density at radius 2 is 1.90 bits per heavy atom. The summed E-state index contributed by atoms with van der Waals surface area (Å²) < 4.78 is 5.23. The topological polar surface area (TPSA) is 59.5 Å². The van der Waals surface area contributed by atoms with Crippen molar-refractivity contribution in [1.29, 1.82) is 0 Å². The first-order valence-electron chi connectivity index (χ1n) is 6.19. The predicted octanol–water partition coefficient (Wildman–Crippen LogP) is 2.74. The molecule has 1 amide bonds. The van der Waals surface area contributed by atoms with Crippen molar-refractivity contribution in [2.24, 2.45) is 5.73 Å². The summed E-state index contributed by atoms with van der Waals surface area (Å²) in [5, 5.41) is 0. The number of carbonyl (C=O) groups excluding carboxylic acids is 1. The van der Waals surface area contributed by atoms with E-state index in [1.165, 1.54) is 0 Å². The average Bonchev–Trinajstić information content (AvgIpc) is 2.83. The number of hydrogen-bond acceptors (Lipinski definition) is 3. The molecule has 5 heteroatoms. The maximum atomic E-state index is 12.2. The highest BCUT2D eigenvalue weighted by molar-refractivity contribution is 5.94. The number of rotatable bonds is 4. The van der Waals surface area contributed by atoms with E-state index >= 15 is 0 Å². The molecule has 0 atom stereocenters. The second-order valence-corrected chi connectivity index (χ2v) is 4.56. The fourth-order valence-electron chi connectivity index (χ4n) is 1.91. The molecule has 0 aliphatic rings. The lowest BCUT2D eigenvalue weighted by molar-refractivity contribution is 0.0784. The fourth-order valence-corrected chi connectivity index (χ4v) is 1.91. The van der Waals surface area contributed by atoms with Gasteiger partial charge >= 0.3 is 0 Å². The lowest BCUT2D eigenvalue weighted by atomic mass is 10.1. The largest absolute Gasteiger partial charge is 0.469 e. The molecule has 0 saturated heterocycles. The predicted molar refractivity (Wildman–Crippen MR) is 80.8 cm³/mol. The molecule has 20 heavy (non-hydrogen) atoms. The van der Waals surface area contributed by atoms with Crippen LogP contribution in [-0.4, -0.2) is 17.9 Å². The van der Waals surface area contributed by atoms with E-state index in [-0.39, 0.29) is 18.3 Å². The van der Waals surface area contributed by atoms with Crippen molar-refractivity contribution in [2.75, 3.05) is 7.05 Å². The summed E-state index contributed by atoms with van der Waals surface area (Å²) in [6, 6.07) is 9.26. The van der Waals surface area contributed by atoms with Crippen molar-refractivity contribution < 1.29 is 9.21 Å². The molecule has 0 aliphatic heterocycles. The molecular weight excluding hydrogens is 276 g/mol. The van der Waals surface area contributed by atoms with Gasteiger partial charge in [0.1, 0.15) is 5.76 Å². The first-order chi connectivity index (χ1) is 9.11. The first-order valence-corrected chi connectivity index (χ1v) is 6.19. The number of nitrogens with two attached hydrogens (primary N) is 1. The maximum absolute atomic E-state index is 12.2. The van der Waals surface area contributed by atoms with Crippen LogP contribution in [0.1, 0.15) is 27.2 Å². The molecule has 2 N–H and O–H groups in total. The molecule has 0 bridgehead atoms. The molecule has 0 spiro atoms. The fraction of sp³-hybridized carbons (Fsp3) is 0.267. The van der Waals surface area contributed by atoms with E-state index in [0.29, 0.717) is 18.7 Å². The Morgan fingerprint density at radius 1 is 1.25 bits per heavy atom. The van der Waals surface area contributed by atoms with Crippen molar-refractivity contribution in [1.82, 2.24) is 4.90 Å². The highest BCUT2D eigenvalue weighted by Gasteiger charge is 2.13. The zero-order chi connectivity index (χ0) is 13.8. The highest BCUT2D eigenvalue weighted by Crippen LogP contribution is 2.13. The van der Waals surface area contributed by atoms with Gasteiger partial charge in [0.2, 0.25) is 0 Å². The molecule has 1 aromatic carbocycles. The van der Waals surface area contributed by atoms with Gasteiger partial charge in [-0.1, -0.05) is 12.1 Å². The van der Waals surface area contributed by atoms with Gasteiger partial charge < -0.3 is 15.1 Å². The van der Waals surface area contributed by atoms with Gasteiger partial charge in [-0.3, -0.25) is 4.79 Å². The maximum Gasteiger partial charge on any atom is 0.253 e. The van der Waals surface area contributed by atoms with Gasteiger partial charge in [-0.05, 0) is 30.7 Å². The van der Waals surface area contributed by atoms with Crippen LogP contribution in [-0.2, 0) is 13.1 Å². The molecule has 1 aromatic heterocycles. The summed E-state index contributed by atoms with van der Waals surface area (Å²) in [7, 11) is 1.78. The molecule has 1 heterocycles. The van der Waals surface area contributed by atoms with Crippen LogP contribution < -0.4 is 5.73 Å². The van der Waals surface area contributed by atoms with Crippen LogP contribution in [0.2, 0.25) is 0 Å². The molecule has 4 nitrogen and oxygen atoms in total. The SMILES string of the molecule is Cc1occc1CN(C)C(=O)c1ccc(CN)cc1.Cl. The summed E-state index contributed by atoms with van der Waals surface area (Å²) >= 11 is 0. The highest BCUT2D eigenvalue weighted by atomic mass is 35.5. The minimum Gasteiger partial charge on any atom is -0.469 e. The number of benzene rings is 1. The Morgan fingerprint density at radius 3 is 2.40 bits per heavy atom. The lowest BCUT2D eigenvalue weighted by Crippen LogP contribution is -2.26. The third kappa shape index (κ3) is 3.62. The van der Waals surface area contributed by atoms with Gasteiger partial charge in [-0.25, -0.2) is 0 Å². The smallest absolute Gasteiger partial charge is 0.253 e. The average molecular weight is 295 g/mol. The zero-order valence-electron chi connectivity index (χ0n) is 11.6. The summed E-state index contributed by atoms with van der Waals surface area (Å²) in [5.74, 6) is 0.835. The minimum atomic E-state index is -0.0100. The van der Waals surface area contributed by atoms with Gasteiger partial charge in [-0.2, -0.15) is 0 Å². The molecule has 0 saturated carbocycles. The first kappa shape index (κ1) is 16.3. The lowest BCUT2D eigenvalue weighted by Gasteiger charge is -2.17. The standard InChI is InChI=1S/C15H18N2O2.ClH/c1-11-14(7-8-19-11)10-17(2)15(18)13-5-3-12(9-16)4-6-13;/h3-8H,9-10,16H2,1-2H3;1H. The third-order valence-electron chi connectivity index (χ3n) is 3.16. The number of furan rings is 1. The molecule has 0 aliphatic carbocycles. The summed E-state index contributed by atoms with van der Waals surface area (Å²) in [6.07, 6.45) is 1.64. The summed E-state index contributed by atoms with van der Waals surface area (Å²) in [6.45, 7) is 2.92. The Labute approximate surface area is 125 Å². The van der Waals surface area contributed by atoms with E-state index < -0.39 is 0 Å². The minimum absolute atomic E-state index is 0. The van der Waals surface area contributed by atoms with Crippen molar-refractivity contribution in [3.63, 3.8) is 0 Å². The van der Waals surface area contributed by atoms with Gasteiger partial charge in [0, 0.05) is 31.3 Å². The molecular formula is C15H19ClN2O2. The number of amides is 1. The summed E-state index contributed by atoms with van der Waals surface area (Å²) in [5.41, 5.74) is 8.25. The number of hydrogen-bond donors (Lipinski definition) is 1. The van der Waals surface area contributed by atoms with Gasteiger partial charge in [0.05, 0.1) is 6.26 Å². The van der Waals surface area contributed by atoms with Crippen molar-refractivity contribution in [3.8, 4) is 0 Å². The number of aryl methyl sites for hydroxylation is 1. The second kappa shape index (κ2) is 7.12. The molecule has 0 radical (unpaired) electrons. The normalized spacial score (nSPS) is 9.95. The second-order valence-electron chi connectivity index (χ2n) is 4.56. The van der Waals surface area contributed by atoms with E-state index in [1.54, 1.807) is 18.2 Å². The molecule has 0 unspecified atom stereocenters. The van der Waals surface area contributed by atoms with Crippen molar-refractivity contribution in [2.45, 2.75) is 20.0 Å². The Hall–Kier alpha value is -1.78. The van der Waals surface area contributed by atoms with Gasteiger partial charge in [0.15, 0.2) is 0 Å². The van der Waals surface area contributed by atoms with E-state index in [4.69, 9.17) is 10.2 Å². The molecule has 0 fully saturated rings. The molecule has 2 aromatic rings. The van der Waals surface area contributed by atoms with Crippen LogP contribution in [0.25, 0.3) is 0 Å². The Kier molecular flexibility index (Phi) is 5.80. The Bertz CT molecular complexity index is 564. The van der Waals surface area contributed by atoms with E-state index in [9.17, 15) is 4.79 Å². The molecule has 2 rings (SSSR count). The van der Waals surface area contributed by atoms with Crippen LogP contribution in [0.4, 0.5) is 0 Å². The van der Waals surface area contributed by atoms with E-state index in [0.717, 1.165) is 16.9 Å². The monoisotopic (exact) mass is 294 g/mol. The van der Waals surface area contributed by atoms with Gasteiger partial charge in [0.25, 0.3) is 5.91 Å². The van der Waals surface area contributed by atoms with Crippen LogP contribution >= 0.6 is 12.4 Å². The number of halogens is 1. The molecule has 108 valence electrons. The Balaban J connectivity index is 0.00000200. The zero-order valence-corrected chi connectivity index (χ0v) is 12.4. The van der Waals surface area contributed by atoms with Crippen LogP contribution in [0.5, 0.6) is 0 Å².